The van der Waals surface area contributed by atoms with Crippen molar-refractivity contribution in [1.82, 2.24) is 29.8 Å². The monoisotopic (exact) mass is 413 g/mol. The van der Waals surface area contributed by atoms with Gasteiger partial charge in [0, 0.05) is 67.3 Å². The minimum Gasteiger partial charge on any atom is -0.497 e. The lowest BCUT2D eigenvalue weighted by Gasteiger charge is -2.56. The van der Waals surface area contributed by atoms with E-state index in [1.54, 1.807) is 13.4 Å². The predicted octanol–water partition coefficient (Wildman–Crippen LogP) is 2.89. The van der Waals surface area contributed by atoms with Gasteiger partial charge in [0.25, 0.3) is 0 Å². The first kappa shape index (κ1) is 18.3. The summed E-state index contributed by atoms with van der Waals surface area (Å²) in [5, 5.41) is 1.01. The average Bonchev–Trinajstić information content (AvgIpc) is 3.32. The quantitative estimate of drug-likeness (QED) is 0.539. The topological polar surface area (TPSA) is 83.1 Å². The standard InChI is InChI=1S/C23H23N7O/c1-31-19-4-6-24-16(8-19)11-30-17-9-18(30)13-29(12-17)21-3-2-15(10-26-21)22-20-5-7-25-23(20)28-14-27-22/h2-8,10,14,17-18H,9,11-13H2,1H3,(H,25,27,28). The summed E-state index contributed by atoms with van der Waals surface area (Å²) in [5.74, 6) is 1.89. The Labute approximate surface area is 179 Å². The Morgan fingerprint density at radius 3 is 2.77 bits per heavy atom. The fourth-order valence-electron chi connectivity index (χ4n) is 4.80. The van der Waals surface area contributed by atoms with Crippen molar-refractivity contribution in [3.63, 3.8) is 0 Å². The predicted molar refractivity (Wildman–Crippen MR) is 118 cm³/mol. The average molecular weight is 413 g/mol. The summed E-state index contributed by atoms with van der Waals surface area (Å²) in [4.78, 5) is 26.1. The Bertz CT molecular complexity index is 1210. The van der Waals surface area contributed by atoms with Crippen LogP contribution in [0.25, 0.3) is 22.3 Å². The molecule has 0 aromatic carbocycles. The Morgan fingerprint density at radius 1 is 1.06 bits per heavy atom. The summed E-state index contributed by atoms with van der Waals surface area (Å²) in [6.07, 6.45) is 8.46. The molecule has 8 nitrogen and oxygen atoms in total. The van der Waals surface area contributed by atoms with E-state index in [4.69, 9.17) is 9.72 Å². The first-order chi connectivity index (χ1) is 15.3. The molecule has 0 spiro atoms. The van der Waals surface area contributed by atoms with E-state index in [1.807, 2.05) is 36.8 Å². The van der Waals surface area contributed by atoms with E-state index in [0.29, 0.717) is 12.1 Å². The maximum Gasteiger partial charge on any atom is 0.141 e. The number of anilines is 1. The first-order valence-electron chi connectivity index (χ1n) is 10.5. The molecule has 4 aromatic rings. The number of hydrogen-bond acceptors (Lipinski definition) is 7. The highest BCUT2D eigenvalue weighted by Crippen LogP contribution is 2.36. The molecule has 4 aromatic heterocycles. The number of aromatic nitrogens is 5. The molecule has 3 aliphatic rings. The van der Waals surface area contributed by atoms with Crippen LogP contribution in [0.15, 0.2) is 55.2 Å². The number of methoxy groups -OCH3 is 1. The molecule has 2 bridgehead atoms. The van der Waals surface area contributed by atoms with Gasteiger partial charge in [0.1, 0.15) is 23.5 Å². The lowest BCUT2D eigenvalue weighted by molar-refractivity contribution is -0.00972. The van der Waals surface area contributed by atoms with Crippen molar-refractivity contribution < 1.29 is 4.74 Å². The SMILES string of the molecule is COc1ccnc(CN2C3CC2CN(c2ccc(-c4ncnc5[nH]ccc45)cn2)C3)c1. The van der Waals surface area contributed by atoms with E-state index in [0.717, 1.165) is 59.2 Å². The van der Waals surface area contributed by atoms with Gasteiger partial charge in [-0.25, -0.2) is 15.0 Å². The lowest BCUT2D eigenvalue weighted by Crippen LogP contribution is -2.68. The van der Waals surface area contributed by atoms with Gasteiger partial charge in [-0.1, -0.05) is 0 Å². The maximum atomic E-state index is 5.33. The molecule has 7 heterocycles. The minimum atomic E-state index is 0.537. The fraction of sp³-hybridized carbons (Fsp3) is 0.304. The highest BCUT2D eigenvalue weighted by atomic mass is 16.5. The Kier molecular flexibility index (Phi) is 4.31. The second-order valence-corrected chi connectivity index (χ2v) is 8.17. The van der Waals surface area contributed by atoms with Crippen molar-refractivity contribution >= 4 is 16.9 Å². The molecular weight excluding hydrogens is 390 g/mol. The van der Waals surface area contributed by atoms with Gasteiger partial charge in [-0.15, -0.1) is 0 Å². The van der Waals surface area contributed by atoms with Gasteiger partial charge < -0.3 is 14.6 Å². The number of ether oxygens (including phenoxy) is 1. The maximum absolute atomic E-state index is 5.33. The van der Waals surface area contributed by atoms with Crippen molar-refractivity contribution in [1.29, 1.82) is 0 Å². The Hall–Kier alpha value is -3.52. The van der Waals surface area contributed by atoms with Crippen LogP contribution in [-0.2, 0) is 6.54 Å². The molecule has 0 saturated carbocycles. The number of nitrogens with zero attached hydrogens (tertiary/aromatic N) is 6. The Balaban J connectivity index is 1.16. The molecular formula is C23H23N7O. The van der Waals surface area contributed by atoms with Crippen LogP contribution in [0.2, 0.25) is 0 Å². The third-order valence-corrected chi connectivity index (χ3v) is 6.41. The molecule has 0 radical (unpaired) electrons. The zero-order valence-electron chi connectivity index (χ0n) is 17.3. The summed E-state index contributed by atoms with van der Waals surface area (Å²) < 4.78 is 5.33. The van der Waals surface area contributed by atoms with Crippen LogP contribution in [0.5, 0.6) is 5.75 Å². The summed E-state index contributed by atoms with van der Waals surface area (Å²) in [6, 6.07) is 11.2. The molecule has 0 aliphatic carbocycles. The van der Waals surface area contributed by atoms with E-state index >= 15 is 0 Å². The molecule has 3 saturated heterocycles. The molecule has 3 fully saturated rings. The lowest BCUT2D eigenvalue weighted by atomic mass is 9.87. The molecule has 2 unspecified atom stereocenters. The van der Waals surface area contributed by atoms with Gasteiger partial charge in [0.15, 0.2) is 0 Å². The number of fused-ring (bicyclic) bond motifs is 3. The van der Waals surface area contributed by atoms with E-state index in [-0.39, 0.29) is 0 Å². The van der Waals surface area contributed by atoms with Gasteiger partial charge in [-0.2, -0.15) is 0 Å². The van der Waals surface area contributed by atoms with Gasteiger partial charge in [-0.05, 0) is 30.7 Å². The van der Waals surface area contributed by atoms with E-state index < -0.39 is 0 Å². The third kappa shape index (κ3) is 3.19. The van der Waals surface area contributed by atoms with Gasteiger partial charge in [-0.3, -0.25) is 9.88 Å². The molecule has 1 N–H and O–H groups in total. The third-order valence-electron chi connectivity index (χ3n) is 6.41. The zero-order chi connectivity index (χ0) is 20.8. The fourth-order valence-corrected chi connectivity index (χ4v) is 4.80. The number of aromatic amines is 1. The number of piperidine rings is 1. The molecule has 156 valence electrons. The molecule has 3 aliphatic heterocycles. The molecule has 2 atom stereocenters. The van der Waals surface area contributed by atoms with Crippen molar-refractivity contribution in [2.24, 2.45) is 0 Å². The van der Waals surface area contributed by atoms with Gasteiger partial charge in [0.05, 0.1) is 18.5 Å². The van der Waals surface area contributed by atoms with Crippen LogP contribution >= 0.6 is 0 Å². The Morgan fingerprint density at radius 2 is 1.97 bits per heavy atom. The zero-order valence-corrected chi connectivity index (χ0v) is 17.3. The largest absolute Gasteiger partial charge is 0.497 e. The first-order valence-corrected chi connectivity index (χ1v) is 10.5. The number of H-pyrrole nitrogens is 1. The number of hydrogen-bond donors (Lipinski definition) is 1. The highest BCUT2D eigenvalue weighted by molar-refractivity contribution is 5.90. The van der Waals surface area contributed by atoms with Crippen molar-refractivity contribution in [3.8, 4) is 17.0 Å². The van der Waals surface area contributed by atoms with Crippen molar-refractivity contribution in [3.05, 3.63) is 60.9 Å². The summed E-state index contributed by atoms with van der Waals surface area (Å²) in [6.45, 7) is 2.85. The molecule has 7 rings (SSSR count). The van der Waals surface area contributed by atoms with Crippen molar-refractivity contribution in [2.45, 2.75) is 25.0 Å². The smallest absolute Gasteiger partial charge is 0.141 e. The van der Waals surface area contributed by atoms with Gasteiger partial charge >= 0.3 is 0 Å². The summed E-state index contributed by atoms with van der Waals surface area (Å²) in [5.41, 5.74) is 3.81. The van der Waals surface area contributed by atoms with Crippen LogP contribution in [-0.4, -0.2) is 62.1 Å². The minimum absolute atomic E-state index is 0.537. The van der Waals surface area contributed by atoms with Crippen LogP contribution in [0.4, 0.5) is 5.82 Å². The van der Waals surface area contributed by atoms with E-state index in [1.165, 1.54) is 6.42 Å². The normalized spacial score (nSPS) is 20.6. The second kappa shape index (κ2) is 7.31. The number of rotatable bonds is 5. The number of piperazine rings is 1. The van der Waals surface area contributed by atoms with E-state index in [9.17, 15) is 0 Å². The van der Waals surface area contributed by atoms with Crippen LogP contribution in [0.1, 0.15) is 12.1 Å². The summed E-state index contributed by atoms with van der Waals surface area (Å²) >= 11 is 0. The number of pyridine rings is 2. The van der Waals surface area contributed by atoms with E-state index in [2.05, 4.69) is 41.9 Å². The highest BCUT2D eigenvalue weighted by Gasteiger charge is 2.44. The van der Waals surface area contributed by atoms with Crippen LogP contribution in [0.3, 0.4) is 0 Å². The van der Waals surface area contributed by atoms with Crippen molar-refractivity contribution in [2.75, 3.05) is 25.1 Å². The van der Waals surface area contributed by atoms with Crippen LogP contribution < -0.4 is 9.64 Å². The summed E-state index contributed by atoms with van der Waals surface area (Å²) in [7, 11) is 1.69. The molecule has 31 heavy (non-hydrogen) atoms. The number of nitrogens with one attached hydrogen (secondary N) is 1. The van der Waals surface area contributed by atoms with Gasteiger partial charge in [0.2, 0.25) is 0 Å². The molecule has 0 amide bonds. The van der Waals surface area contributed by atoms with Crippen LogP contribution in [0, 0.1) is 0 Å². The second-order valence-electron chi connectivity index (χ2n) is 8.17. The molecule has 8 heteroatoms.